The van der Waals surface area contributed by atoms with Crippen molar-refractivity contribution in [2.45, 2.75) is 170 Å². The number of anilines is 5. The average molecular weight is 2000 g/mol. The molecule has 4 aromatic carbocycles. The zero-order chi connectivity index (χ0) is 96.6. The van der Waals surface area contributed by atoms with Gasteiger partial charge in [0, 0.05) is 108 Å². The van der Waals surface area contributed by atoms with E-state index in [1.54, 1.807) is 135 Å². The molecule has 9 aromatic rings. The Hall–Kier alpha value is -13.6. The summed E-state index contributed by atoms with van der Waals surface area (Å²) in [7, 11) is 4.71. The predicted molar refractivity (Wildman–Crippen MR) is 484 cm³/mol. The van der Waals surface area contributed by atoms with E-state index in [9.17, 15) is 76.7 Å². The summed E-state index contributed by atoms with van der Waals surface area (Å²) in [5, 5.41) is 16.9. The fraction of sp³-hybridized carbons (Fsp3) is 0.345. The van der Waals surface area contributed by atoms with Gasteiger partial charge in [0.2, 0.25) is 0 Å². The Kier molecular flexibility index (Phi) is 57.2. The molecule has 716 valence electrons. The standard InChI is InChI=1S/C21H26N4O7.C20H24N4O6.C15H16N4O4.C13H20N4O5.C12H11N3O3.2C2H6.2CH3.2Y/c1-21(2,3)32-20(29)22-15(17(26)30-4)12-25-11-10-16(23-18(25)27)24-19(28)31-13-14-8-6-5-7-9-14;1-20(2,3)30-19(28)21-14(17(26)29-4)12-24-11-10-15(23-18(24)27)22-16(25)13-8-6-5-7-9-13;1-23-14(21)11(16)9-19-8-7-12(18-15(19)22)17-13(20)10-5-3-2-4-6-10;1-13(2,3)22-12(20)15-8(10(18)21-4)7-17-6-5-9(14)16-11(17)19;16-11-13-7-6-10(14-11)15-12(17)18-8-9-4-2-1-3-5-9;2*1-2;;;;/h5-11,15H,12-13H2,1-4H3,(H,22,29)(H,23,24,27,28);5-11,14H,12H2,1-4H3,(H,21,28)(H,22,23,25,27);2-8,11H,9,16H2,1H3,(H,17,18,20,22);5-6,8H,7H2,1-4H3,(H,15,20)(H2,14,16,19);1-7H,8H2,(H2,13,14,15,16,17);2*1-2H3;2*1H3;;/q;;;;;;;2*-1;;/t15-;14-;11-;8-;;;;;;;/m0000......./s1. The molecule has 44 nitrogen and oxygen atoms in total. The van der Waals surface area contributed by atoms with Crippen LogP contribution in [0.1, 0.15) is 122 Å². The molecule has 0 fully saturated rings. The van der Waals surface area contributed by atoms with Crippen LogP contribution >= 0.6 is 0 Å². The minimum Gasteiger partial charge on any atom is -0.468 e. The Labute approximate surface area is 818 Å². The van der Waals surface area contributed by atoms with Crippen LogP contribution in [0, 0.1) is 14.9 Å². The topological polar surface area (TPSA) is 592 Å². The molecule has 0 aliphatic heterocycles. The van der Waals surface area contributed by atoms with Crippen molar-refractivity contribution in [1.29, 1.82) is 0 Å². The molecular formula is C87H115N19O25Y2-2. The summed E-state index contributed by atoms with van der Waals surface area (Å²) in [5.74, 6) is -3.20. The number of alkyl carbamates (subject to hydrolysis) is 3. The van der Waals surface area contributed by atoms with Gasteiger partial charge in [-0.05, 0) is 128 Å². The third-order valence-electron chi connectivity index (χ3n) is 15.2. The maximum atomic E-state index is 12.3. The zero-order valence-electron chi connectivity index (χ0n) is 77.4. The van der Waals surface area contributed by atoms with E-state index in [1.807, 2.05) is 76.2 Å². The van der Waals surface area contributed by atoms with Gasteiger partial charge in [-0.1, -0.05) is 125 Å². The summed E-state index contributed by atoms with van der Waals surface area (Å²) in [5.41, 5.74) is 8.00. The molecule has 0 aliphatic rings. The van der Waals surface area contributed by atoms with Crippen LogP contribution in [0.2, 0.25) is 0 Å². The number of ether oxygens (including phenoxy) is 9. The monoisotopic (exact) mass is 2000 g/mol. The zero-order valence-corrected chi connectivity index (χ0v) is 83.1. The van der Waals surface area contributed by atoms with Gasteiger partial charge in [-0.25, -0.2) is 67.3 Å². The van der Waals surface area contributed by atoms with Gasteiger partial charge in [-0.3, -0.25) is 48.3 Å². The number of carbonyl (C=O) groups is 11. The van der Waals surface area contributed by atoms with Gasteiger partial charge in [-0.15, -0.1) is 0 Å². The first-order chi connectivity index (χ1) is 61.0. The molecule has 12 N–H and O–H groups in total. The first kappa shape index (κ1) is 121. The van der Waals surface area contributed by atoms with Crippen molar-refractivity contribution in [3.8, 4) is 0 Å². The summed E-state index contributed by atoms with van der Waals surface area (Å²) in [6.45, 7) is 22.6. The second-order valence-corrected chi connectivity index (χ2v) is 28.6. The number of carbonyl (C=O) groups excluding carboxylic acids is 11. The van der Waals surface area contributed by atoms with Crippen molar-refractivity contribution in [1.82, 2.24) is 64.1 Å². The number of nitrogens with one attached hydrogen (secondary N) is 8. The van der Waals surface area contributed by atoms with E-state index in [0.29, 0.717) is 11.1 Å². The molecule has 46 heteroatoms. The summed E-state index contributed by atoms with van der Waals surface area (Å²) in [4.78, 5) is 210. The van der Waals surface area contributed by atoms with Gasteiger partial charge in [0.15, 0.2) is 0 Å². The normalized spacial score (nSPS) is 11.0. The molecule has 2 radical (unpaired) electrons. The molecule has 0 bridgehead atoms. The second kappa shape index (κ2) is 62.7. The Morgan fingerprint density at radius 3 is 0.977 bits per heavy atom. The second-order valence-electron chi connectivity index (χ2n) is 28.6. The largest absolute Gasteiger partial charge is 0.468 e. The van der Waals surface area contributed by atoms with E-state index in [0.717, 1.165) is 39.0 Å². The molecule has 133 heavy (non-hydrogen) atoms. The summed E-state index contributed by atoms with van der Waals surface area (Å²) in [6.07, 6.45) is 2.86. The first-order valence-corrected chi connectivity index (χ1v) is 39.4. The smallest absolute Gasteiger partial charge is 0.413 e. The third kappa shape index (κ3) is 48.8. The van der Waals surface area contributed by atoms with Crippen molar-refractivity contribution in [3.05, 3.63) is 272 Å². The quantitative estimate of drug-likeness (QED) is 0.0147. The van der Waals surface area contributed by atoms with Gasteiger partial charge in [0.05, 0.1) is 54.6 Å². The first-order valence-electron chi connectivity index (χ1n) is 39.4. The maximum Gasteiger partial charge on any atom is 0.413 e. The number of aromatic nitrogens is 10. The van der Waals surface area contributed by atoms with Crippen molar-refractivity contribution in [3.63, 3.8) is 0 Å². The Balaban J connectivity index is 0. The number of hydrogen-bond acceptors (Lipinski definition) is 32. The molecule has 5 aromatic heterocycles. The van der Waals surface area contributed by atoms with Crippen LogP contribution in [0.3, 0.4) is 0 Å². The van der Waals surface area contributed by atoms with Crippen LogP contribution < -0.4 is 77.1 Å². The Morgan fingerprint density at radius 1 is 0.383 bits per heavy atom. The third-order valence-corrected chi connectivity index (χ3v) is 15.2. The van der Waals surface area contributed by atoms with Gasteiger partial charge in [0.1, 0.15) is 83.3 Å². The summed E-state index contributed by atoms with van der Waals surface area (Å²) in [6, 6.07) is 38.0. The number of benzene rings is 4. The SMILES string of the molecule is CC.CC.COC(=O)[C@@H](N)Cn1ccc(NC(=O)c2ccccc2)nc1=O.COC(=O)[C@H](Cn1ccc(N)nc1=O)NC(=O)OC(C)(C)C.COC(=O)[C@H](Cn1ccc(NC(=O)OCc2ccccc2)nc1=O)NC(=O)OC(C)(C)C.COC(=O)[C@H](Cn1ccc(NC(=O)c2ccccc2)nc1=O)NC(=O)OC(C)(C)C.O=C(Nc1ccnc(=O)[nH]1)OCc1ccccc1.[CH3-].[CH3-].[Y].[Y]. The van der Waals surface area contributed by atoms with E-state index in [4.69, 9.17) is 35.2 Å². The van der Waals surface area contributed by atoms with Crippen LogP contribution in [0.25, 0.3) is 0 Å². The average Bonchev–Trinajstić information content (AvgIpc) is 0.837. The number of nitrogen functional groups attached to an aromatic ring is 1. The van der Waals surface area contributed by atoms with Crippen LogP contribution in [-0.2, 0) is 167 Å². The van der Waals surface area contributed by atoms with Crippen molar-refractivity contribution in [2.75, 3.05) is 55.4 Å². The number of nitrogens with two attached hydrogens (primary N) is 2. The number of aromatic amines is 1. The predicted octanol–water partition coefficient (Wildman–Crippen LogP) is 7.97. The number of methoxy groups -OCH3 is 4. The fourth-order valence-electron chi connectivity index (χ4n) is 9.57. The van der Waals surface area contributed by atoms with Crippen molar-refractivity contribution >= 4 is 95.2 Å². The molecule has 5 heterocycles. The molecule has 4 atom stereocenters. The maximum absolute atomic E-state index is 12.3. The molecule has 9 rings (SSSR count). The number of hydrogen-bond donors (Lipinski definition) is 10. The number of amides is 7. The molecule has 0 unspecified atom stereocenters. The molecular weight excluding hydrogens is 1890 g/mol. The minimum absolute atomic E-state index is 0. The van der Waals surface area contributed by atoms with Crippen LogP contribution in [0.5, 0.6) is 0 Å². The van der Waals surface area contributed by atoms with Gasteiger partial charge in [-0.2, -0.15) is 19.9 Å². The van der Waals surface area contributed by atoms with Crippen LogP contribution in [0.15, 0.2) is 207 Å². The fourth-order valence-corrected chi connectivity index (χ4v) is 9.57. The summed E-state index contributed by atoms with van der Waals surface area (Å²) >= 11 is 0. The molecule has 0 saturated heterocycles. The van der Waals surface area contributed by atoms with E-state index in [-0.39, 0.29) is 155 Å². The Bertz CT molecular complexity index is 5460. The van der Waals surface area contributed by atoms with Gasteiger partial charge < -0.3 is 95.5 Å². The number of nitrogens with zero attached hydrogens (tertiary/aromatic N) is 9. The van der Waals surface area contributed by atoms with Gasteiger partial charge >= 0.3 is 82.8 Å². The molecule has 0 spiro atoms. The molecule has 7 amide bonds. The van der Waals surface area contributed by atoms with E-state index >= 15 is 0 Å². The van der Waals surface area contributed by atoms with E-state index < -0.39 is 130 Å². The van der Waals surface area contributed by atoms with Crippen molar-refractivity contribution in [2.24, 2.45) is 5.73 Å². The summed E-state index contributed by atoms with van der Waals surface area (Å²) < 4.78 is 48.3. The Morgan fingerprint density at radius 2 is 0.677 bits per heavy atom. The molecule has 0 saturated carbocycles. The van der Waals surface area contributed by atoms with E-state index in [1.165, 1.54) is 80.1 Å². The van der Waals surface area contributed by atoms with Gasteiger partial charge in [0.25, 0.3) is 11.8 Å². The number of rotatable bonds is 25. The number of H-pyrrole nitrogens is 1. The number of esters is 4. The van der Waals surface area contributed by atoms with E-state index in [2.05, 4.69) is 86.1 Å². The van der Waals surface area contributed by atoms with Crippen molar-refractivity contribution < 1.29 is 161 Å². The van der Waals surface area contributed by atoms with Crippen LogP contribution in [0.4, 0.5) is 53.1 Å². The molecule has 0 aliphatic carbocycles. The minimum atomic E-state index is -1.19. The van der Waals surface area contributed by atoms with Crippen LogP contribution in [-0.4, -0.2) is 184 Å².